The van der Waals surface area contributed by atoms with E-state index in [1.54, 1.807) is 19.2 Å². The van der Waals surface area contributed by atoms with Crippen LogP contribution in [-0.2, 0) is 0 Å². The number of amides is 2. The van der Waals surface area contributed by atoms with Crippen LogP contribution in [0.5, 0.6) is 11.5 Å². The minimum atomic E-state index is -0.719. The highest BCUT2D eigenvalue weighted by Crippen LogP contribution is 2.36. The van der Waals surface area contributed by atoms with Crippen molar-refractivity contribution in [2.75, 3.05) is 13.7 Å². The van der Waals surface area contributed by atoms with Gasteiger partial charge in [-0.05, 0) is 40.5 Å². The van der Waals surface area contributed by atoms with Gasteiger partial charge in [0.05, 0.1) is 24.4 Å². The first kappa shape index (κ1) is 14.3. The summed E-state index contributed by atoms with van der Waals surface area (Å²) >= 11 is 3.37. The summed E-state index contributed by atoms with van der Waals surface area (Å²) in [5, 5.41) is 3.67. The Bertz CT molecular complexity index is 463. The monoisotopic (exact) mass is 315 g/mol. The van der Waals surface area contributed by atoms with E-state index in [2.05, 4.69) is 26.5 Å². The molecule has 0 saturated carbocycles. The number of nitrogens with two attached hydrogens (primary N) is 1. The number of hydrogen-bond donors (Lipinski definition) is 2. The lowest BCUT2D eigenvalue weighted by molar-refractivity contribution is 0.249. The molecule has 0 bridgehead atoms. The summed E-state index contributed by atoms with van der Waals surface area (Å²) in [7, 11) is 1.56. The molecule has 1 aromatic carbocycles. The Balaban J connectivity index is 3.00. The normalized spacial score (nSPS) is 10.4. The summed E-state index contributed by atoms with van der Waals surface area (Å²) in [5.74, 6) is 1.20. The third-order valence-electron chi connectivity index (χ3n) is 1.92. The van der Waals surface area contributed by atoms with E-state index in [1.807, 2.05) is 6.92 Å². The zero-order chi connectivity index (χ0) is 13.5. The largest absolute Gasteiger partial charge is 0.492 e. The van der Waals surface area contributed by atoms with Crippen LogP contribution in [0.1, 0.15) is 12.5 Å². The molecular formula is C11H14BrN3O3. The first-order valence-corrected chi connectivity index (χ1v) is 5.96. The highest BCUT2D eigenvalue weighted by molar-refractivity contribution is 9.10. The van der Waals surface area contributed by atoms with E-state index in [0.29, 0.717) is 18.1 Å². The summed E-state index contributed by atoms with van der Waals surface area (Å²) in [6, 6.07) is 2.82. The van der Waals surface area contributed by atoms with Crippen LogP contribution in [0.2, 0.25) is 0 Å². The number of methoxy groups -OCH3 is 1. The average molecular weight is 316 g/mol. The van der Waals surface area contributed by atoms with E-state index in [0.717, 1.165) is 10.0 Å². The molecule has 6 nitrogen and oxygen atoms in total. The van der Waals surface area contributed by atoms with Crippen molar-refractivity contribution in [1.82, 2.24) is 5.43 Å². The van der Waals surface area contributed by atoms with Crippen LogP contribution in [0, 0.1) is 0 Å². The van der Waals surface area contributed by atoms with Gasteiger partial charge in [-0.3, -0.25) is 0 Å². The lowest BCUT2D eigenvalue weighted by Crippen LogP contribution is -2.24. The zero-order valence-corrected chi connectivity index (χ0v) is 11.7. The number of carbonyl (C=O) groups is 1. The van der Waals surface area contributed by atoms with Crippen LogP contribution < -0.4 is 20.6 Å². The quantitative estimate of drug-likeness (QED) is 0.642. The van der Waals surface area contributed by atoms with Crippen LogP contribution in [-0.4, -0.2) is 26.0 Å². The molecule has 98 valence electrons. The minimum absolute atomic E-state index is 0.517. The molecule has 0 aliphatic carbocycles. The molecule has 2 amide bonds. The fourth-order valence-electron chi connectivity index (χ4n) is 1.29. The van der Waals surface area contributed by atoms with Crippen molar-refractivity contribution >= 4 is 28.2 Å². The molecule has 0 atom stereocenters. The predicted molar refractivity (Wildman–Crippen MR) is 72.2 cm³/mol. The second kappa shape index (κ2) is 6.85. The van der Waals surface area contributed by atoms with Crippen LogP contribution >= 0.6 is 15.9 Å². The van der Waals surface area contributed by atoms with E-state index < -0.39 is 6.03 Å². The number of benzene rings is 1. The molecule has 1 aromatic rings. The van der Waals surface area contributed by atoms with Gasteiger partial charge in [0.1, 0.15) is 0 Å². The molecule has 0 aliphatic rings. The SMILES string of the molecule is CCOc1cc(/C=N/NC(N)=O)cc(Br)c1OC. The van der Waals surface area contributed by atoms with Crippen molar-refractivity contribution in [2.24, 2.45) is 10.8 Å². The lowest BCUT2D eigenvalue weighted by atomic mass is 10.2. The van der Waals surface area contributed by atoms with Crippen molar-refractivity contribution in [3.63, 3.8) is 0 Å². The minimum Gasteiger partial charge on any atom is -0.492 e. The number of hydrogen-bond acceptors (Lipinski definition) is 4. The summed E-state index contributed by atoms with van der Waals surface area (Å²) in [5.41, 5.74) is 7.74. The molecule has 0 heterocycles. The number of urea groups is 1. The van der Waals surface area contributed by atoms with Gasteiger partial charge in [0.15, 0.2) is 11.5 Å². The molecule has 7 heteroatoms. The van der Waals surface area contributed by atoms with E-state index in [4.69, 9.17) is 15.2 Å². The van der Waals surface area contributed by atoms with Crippen LogP contribution in [0.25, 0.3) is 0 Å². The van der Waals surface area contributed by atoms with Crippen LogP contribution in [0.3, 0.4) is 0 Å². The van der Waals surface area contributed by atoms with Gasteiger partial charge in [0, 0.05) is 0 Å². The topological polar surface area (TPSA) is 85.9 Å². The Labute approximate surface area is 113 Å². The molecular weight excluding hydrogens is 302 g/mol. The van der Waals surface area contributed by atoms with E-state index in [9.17, 15) is 4.79 Å². The number of ether oxygens (including phenoxy) is 2. The number of hydrazone groups is 1. The molecule has 0 saturated heterocycles. The molecule has 0 aromatic heterocycles. The van der Waals surface area contributed by atoms with Crippen LogP contribution in [0.15, 0.2) is 21.7 Å². The lowest BCUT2D eigenvalue weighted by Gasteiger charge is -2.11. The van der Waals surface area contributed by atoms with Gasteiger partial charge in [-0.1, -0.05) is 0 Å². The number of nitrogens with one attached hydrogen (secondary N) is 1. The third kappa shape index (κ3) is 3.92. The molecule has 0 aliphatic heterocycles. The van der Waals surface area contributed by atoms with Gasteiger partial charge in [0.25, 0.3) is 0 Å². The van der Waals surface area contributed by atoms with Gasteiger partial charge in [0.2, 0.25) is 0 Å². The maximum atomic E-state index is 10.5. The number of nitrogens with zero attached hydrogens (tertiary/aromatic N) is 1. The first-order valence-electron chi connectivity index (χ1n) is 5.17. The Hall–Kier alpha value is -1.76. The van der Waals surface area contributed by atoms with Crippen molar-refractivity contribution in [3.8, 4) is 11.5 Å². The van der Waals surface area contributed by atoms with Gasteiger partial charge >= 0.3 is 6.03 Å². The second-order valence-electron chi connectivity index (χ2n) is 3.20. The average Bonchev–Trinajstić information content (AvgIpc) is 2.28. The highest BCUT2D eigenvalue weighted by atomic mass is 79.9. The van der Waals surface area contributed by atoms with Gasteiger partial charge in [-0.15, -0.1) is 0 Å². The van der Waals surface area contributed by atoms with Crippen molar-refractivity contribution in [2.45, 2.75) is 6.92 Å². The van der Waals surface area contributed by atoms with E-state index >= 15 is 0 Å². The van der Waals surface area contributed by atoms with Crippen molar-refractivity contribution in [3.05, 3.63) is 22.2 Å². The predicted octanol–water partition coefficient (Wildman–Crippen LogP) is 1.86. The molecule has 0 spiro atoms. The van der Waals surface area contributed by atoms with Gasteiger partial charge in [-0.2, -0.15) is 5.10 Å². The fourth-order valence-corrected chi connectivity index (χ4v) is 1.92. The van der Waals surface area contributed by atoms with E-state index in [1.165, 1.54) is 6.21 Å². The number of carbonyl (C=O) groups excluding carboxylic acids is 1. The molecule has 0 radical (unpaired) electrons. The third-order valence-corrected chi connectivity index (χ3v) is 2.51. The number of rotatable bonds is 5. The summed E-state index contributed by atoms with van der Waals surface area (Å²) in [4.78, 5) is 10.5. The number of primary amides is 1. The van der Waals surface area contributed by atoms with Gasteiger partial charge in [-0.25, -0.2) is 10.2 Å². The molecule has 0 unspecified atom stereocenters. The molecule has 0 fully saturated rings. The summed E-state index contributed by atoms with van der Waals surface area (Å²) in [6.07, 6.45) is 1.46. The van der Waals surface area contributed by atoms with Crippen LogP contribution in [0.4, 0.5) is 4.79 Å². The molecule has 18 heavy (non-hydrogen) atoms. The highest BCUT2D eigenvalue weighted by Gasteiger charge is 2.10. The first-order chi connectivity index (χ1) is 8.58. The van der Waals surface area contributed by atoms with Gasteiger partial charge < -0.3 is 15.2 Å². The summed E-state index contributed by atoms with van der Waals surface area (Å²) in [6.45, 7) is 2.39. The maximum absolute atomic E-state index is 10.5. The second-order valence-corrected chi connectivity index (χ2v) is 4.06. The fraction of sp³-hybridized carbons (Fsp3) is 0.273. The van der Waals surface area contributed by atoms with Crippen molar-refractivity contribution in [1.29, 1.82) is 0 Å². The Kier molecular flexibility index (Phi) is 5.44. The maximum Gasteiger partial charge on any atom is 0.332 e. The molecule has 1 rings (SSSR count). The molecule has 3 N–H and O–H groups in total. The van der Waals surface area contributed by atoms with E-state index in [-0.39, 0.29) is 0 Å². The standard InChI is InChI=1S/C11H14BrN3O3/c1-3-18-9-5-7(6-14-15-11(13)16)4-8(12)10(9)17-2/h4-6H,3H2,1-2H3,(H3,13,15,16)/b14-6+. The zero-order valence-electron chi connectivity index (χ0n) is 10.1. The Morgan fingerprint density at radius 1 is 1.61 bits per heavy atom. The van der Waals surface area contributed by atoms with Crippen molar-refractivity contribution < 1.29 is 14.3 Å². The summed E-state index contributed by atoms with van der Waals surface area (Å²) < 4.78 is 11.4. The smallest absolute Gasteiger partial charge is 0.332 e. The Morgan fingerprint density at radius 2 is 2.33 bits per heavy atom. The number of halogens is 1. The Morgan fingerprint density at radius 3 is 2.89 bits per heavy atom.